The van der Waals surface area contributed by atoms with Gasteiger partial charge in [-0.05, 0) is 50.2 Å². The number of ether oxygens (including phenoxy) is 2. The average molecular weight is 344 g/mol. The summed E-state index contributed by atoms with van der Waals surface area (Å²) >= 11 is 0. The van der Waals surface area contributed by atoms with E-state index in [4.69, 9.17) is 9.47 Å². The Labute approximate surface area is 148 Å². The molecule has 0 unspecified atom stereocenters. The summed E-state index contributed by atoms with van der Waals surface area (Å²) in [6.45, 7) is 5.86. The number of methoxy groups -OCH3 is 1. The molecule has 0 aliphatic carbocycles. The minimum atomic E-state index is -0.397. The quantitative estimate of drug-likeness (QED) is 0.539. The summed E-state index contributed by atoms with van der Waals surface area (Å²) in [5.74, 6) is 1.51. The molecular weight excluding hydrogens is 320 g/mol. The van der Waals surface area contributed by atoms with Gasteiger partial charge in [0.15, 0.2) is 0 Å². The number of nitro benzene ring substituents is 1. The van der Waals surface area contributed by atoms with E-state index in [-0.39, 0.29) is 5.69 Å². The van der Waals surface area contributed by atoms with Crippen molar-refractivity contribution in [1.82, 2.24) is 4.90 Å². The Bertz CT molecular complexity index is 726. The van der Waals surface area contributed by atoms with Crippen LogP contribution in [0.1, 0.15) is 16.7 Å². The van der Waals surface area contributed by atoms with Crippen molar-refractivity contribution in [3.63, 3.8) is 0 Å². The Morgan fingerprint density at radius 2 is 1.80 bits per heavy atom. The summed E-state index contributed by atoms with van der Waals surface area (Å²) in [7, 11) is 3.51. The smallest absolute Gasteiger partial charge is 0.270 e. The third-order valence-electron chi connectivity index (χ3n) is 3.85. The molecule has 6 heteroatoms. The van der Waals surface area contributed by atoms with E-state index in [0.29, 0.717) is 25.4 Å². The summed E-state index contributed by atoms with van der Waals surface area (Å²) in [4.78, 5) is 12.6. The summed E-state index contributed by atoms with van der Waals surface area (Å²) in [6.07, 6.45) is 0. The van der Waals surface area contributed by atoms with E-state index in [0.717, 1.165) is 11.3 Å². The first-order chi connectivity index (χ1) is 11.9. The molecule has 0 spiro atoms. The van der Waals surface area contributed by atoms with Crippen LogP contribution in [0.4, 0.5) is 5.69 Å². The molecule has 0 radical (unpaired) electrons. The molecule has 0 N–H and O–H groups in total. The molecule has 0 atom stereocenters. The molecule has 0 bridgehead atoms. The van der Waals surface area contributed by atoms with Crippen LogP contribution in [0.2, 0.25) is 0 Å². The SMILES string of the molecule is COc1ccc([N+](=O)[O-])cc1CN(C)CCOc1cc(C)cc(C)c1. The third kappa shape index (κ3) is 5.46. The van der Waals surface area contributed by atoms with Gasteiger partial charge in [0.2, 0.25) is 0 Å². The van der Waals surface area contributed by atoms with E-state index in [1.165, 1.54) is 17.2 Å². The van der Waals surface area contributed by atoms with Crippen molar-refractivity contribution >= 4 is 5.69 Å². The molecule has 0 saturated heterocycles. The number of rotatable bonds is 8. The molecular formula is C19H24N2O4. The van der Waals surface area contributed by atoms with Gasteiger partial charge in [0, 0.05) is 30.8 Å². The van der Waals surface area contributed by atoms with Crippen LogP contribution in [0, 0.1) is 24.0 Å². The van der Waals surface area contributed by atoms with Crippen LogP contribution >= 0.6 is 0 Å². The number of benzene rings is 2. The molecule has 0 amide bonds. The minimum absolute atomic E-state index is 0.0654. The van der Waals surface area contributed by atoms with Gasteiger partial charge in [-0.25, -0.2) is 0 Å². The summed E-state index contributed by atoms with van der Waals surface area (Å²) < 4.78 is 11.1. The monoisotopic (exact) mass is 344 g/mol. The van der Waals surface area contributed by atoms with Gasteiger partial charge in [-0.1, -0.05) is 6.07 Å². The molecule has 2 rings (SSSR count). The molecule has 134 valence electrons. The van der Waals surface area contributed by atoms with Crippen molar-refractivity contribution in [1.29, 1.82) is 0 Å². The molecule has 0 aliphatic rings. The van der Waals surface area contributed by atoms with Gasteiger partial charge in [-0.2, -0.15) is 0 Å². The second kappa shape index (κ2) is 8.48. The van der Waals surface area contributed by atoms with Gasteiger partial charge in [0.05, 0.1) is 12.0 Å². The summed E-state index contributed by atoms with van der Waals surface area (Å²) in [5.41, 5.74) is 3.19. The van der Waals surface area contributed by atoms with E-state index < -0.39 is 4.92 Å². The molecule has 0 aliphatic heterocycles. The van der Waals surface area contributed by atoms with E-state index in [1.807, 2.05) is 37.9 Å². The van der Waals surface area contributed by atoms with Crippen molar-refractivity contribution in [2.75, 3.05) is 27.3 Å². The van der Waals surface area contributed by atoms with Gasteiger partial charge in [0.25, 0.3) is 5.69 Å². The van der Waals surface area contributed by atoms with Crippen LogP contribution < -0.4 is 9.47 Å². The van der Waals surface area contributed by atoms with Crippen LogP contribution in [-0.4, -0.2) is 37.1 Å². The van der Waals surface area contributed by atoms with Gasteiger partial charge < -0.3 is 9.47 Å². The Balaban J connectivity index is 1.94. The first-order valence-electron chi connectivity index (χ1n) is 8.10. The molecule has 0 fully saturated rings. The maximum Gasteiger partial charge on any atom is 0.270 e. The van der Waals surface area contributed by atoms with E-state index in [9.17, 15) is 10.1 Å². The number of nitrogens with zero attached hydrogens (tertiary/aromatic N) is 2. The lowest BCUT2D eigenvalue weighted by molar-refractivity contribution is -0.384. The van der Waals surface area contributed by atoms with Crippen LogP contribution in [-0.2, 0) is 6.54 Å². The zero-order valence-electron chi connectivity index (χ0n) is 15.1. The maximum atomic E-state index is 11.0. The number of likely N-dealkylation sites (N-methyl/N-ethyl adjacent to an activating group) is 1. The predicted octanol–water partition coefficient (Wildman–Crippen LogP) is 3.73. The highest BCUT2D eigenvalue weighted by Crippen LogP contribution is 2.25. The lowest BCUT2D eigenvalue weighted by Crippen LogP contribution is -2.24. The lowest BCUT2D eigenvalue weighted by Gasteiger charge is -2.18. The molecule has 0 heterocycles. The standard InChI is InChI=1S/C19H24N2O4/c1-14-9-15(2)11-18(10-14)25-8-7-20(3)13-16-12-17(21(22)23)5-6-19(16)24-4/h5-6,9-12H,7-8,13H2,1-4H3. The van der Waals surface area contributed by atoms with Crippen LogP contribution in [0.25, 0.3) is 0 Å². The van der Waals surface area contributed by atoms with E-state index in [2.05, 4.69) is 6.07 Å². The number of hydrogen-bond acceptors (Lipinski definition) is 5. The summed E-state index contributed by atoms with van der Waals surface area (Å²) in [5, 5.41) is 11.0. The molecule has 2 aromatic rings. The maximum absolute atomic E-state index is 11.0. The summed E-state index contributed by atoms with van der Waals surface area (Å²) in [6, 6.07) is 10.8. The zero-order chi connectivity index (χ0) is 18.4. The number of nitro groups is 1. The van der Waals surface area contributed by atoms with Crippen molar-refractivity contribution in [3.8, 4) is 11.5 Å². The third-order valence-corrected chi connectivity index (χ3v) is 3.85. The van der Waals surface area contributed by atoms with Crippen LogP contribution in [0.3, 0.4) is 0 Å². The minimum Gasteiger partial charge on any atom is -0.496 e. The fraction of sp³-hybridized carbons (Fsp3) is 0.368. The number of hydrogen-bond donors (Lipinski definition) is 0. The fourth-order valence-electron chi connectivity index (χ4n) is 2.71. The van der Waals surface area contributed by atoms with Crippen LogP contribution in [0.15, 0.2) is 36.4 Å². The Kier molecular flexibility index (Phi) is 6.36. The van der Waals surface area contributed by atoms with Gasteiger partial charge in [-0.15, -0.1) is 0 Å². The highest BCUT2D eigenvalue weighted by atomic mass is 16.6. The number of aryl methyl sites for hydroxylation is 2. The molecule has 0 saturated carbocycles. The van der Waals surface area contributed by atoms with E-state index >= 15 is 0 Å². The first-order valence-corrected chi connectivity index (χ1v) is 8.10. The van der Waals surface area contributed by atoms with Crippen molar-refractivity contribution in [3.05, 3.63) is 63.2 Å². The van der Waals surface area contributed by atoms with Crippen LogP contribution in [0.5, 0.6) is 11.5 Å². The van der Waals surface area contributed by atoms with Crippen molar-refractivity contribution in [2.24, 2.45) is 0 Å². The average Bonchev–Trinajstić information content (AvgIpc) is 2.53. The Hall–Kier alpha value is -2.60. The zero-order valence-corrected chi connectivity index (χ0v) is 15.1. The normalized spacial score (nSPS) is 10.8. The Morgan fingerprint density at radius 1 is 1.12 bits per heavy atom. The lowest BCUT2D eigenvalue weighted by atomic mass is 10.1. The predicted molar refractivity (Wildman–Crippen MR) is 97.4 cm³/mol. The van der Waals surface area contributed by atoms with Crippen molar-refractivity contribution < 1.29 is 14.4 Å². The molecule has 6 nitrogen and oxygen atoms in total. The second-order valence-electron chi connectivity index (χ2n) is 6.16. The highest BCUT2D eigenvalue weighted by Gasteiger charge is 2.13. The largest absolute Gasteiger partial charge is 0.496 e. The van der Waals surface area contributed by atoms with E-state index in [1.54, 1.807) is 19.2 Å². The van der Waals surface area contributed by atoms with Gasteiger partial charge >= 0.3 is 0 Å². The second-order valence-corrected chi connectivity index (χ2v) is 6.16. The van der Waals surface area contributed by atoms with Gasteiger partial charge in [0.1, 0.15) is 18.1 Å². The fourth-order valence-corrected chi connectivity index (χ4v) is 2.71. The van der Waals surface area contributed by atoms with Crippen molar-refractivity contribution in [2.45, 2.75) is 20.4 Å². The highest BCUT2D eigenvalue weighted by molar-refractivity contribution is 5.43. The van der Waals surface area contributed by atoms with Gasteiger partial charge in [-0.3, -0.25) is 15.0 Å². The molecule has 25 heavy (non-hydrogen) atoms. The molecule has 0 aromatic heterocycles. The Morgan fingerprint density at radius 3 is 2.40 bits per heavy atom. The number of non-ortho nitro benzene ring substituents is 1. The first kappa shape index (κ1) is 18.7. The topological polar surface area (TPSA) is 64.8 Å². The molecule has 2 aromatic carbocycles.